The second kappa shape index (κ2) is 10.8. The molecule has 0 atom stereocenters. The minimum Gasteiger partial charge on any atom is -0.380 e. The van der Waals surface area contributed by atoms with Gasteiger partial charge in [-0.25, -0.2) is 13.4 Å². The number of rotatable bonds is 9. The number of nitrogens with zero attached hydrogens (tertiary/aromatic N) is 3. The monoisotopic (exact) mass is 510 g/mol. The Bertz CT molecular complexity index is 1320. The quantitative estimate of drug-likeness (QED) is 0.401. The first-order valence-electron chi connectivity index (χ1n) is 11.5. The van der Waals surface area contributed by atoms with Crippen LogP contribution in [0.4, 0.5) is 28.6 Å². The molecule has 10 nitrogen and oxygen atoms in total. The number of sulfonamides is 1. The SMILES string of the molecule is CN(c1cccc(CNc2cc(Nc3ccc(N4CCOCC4)cc3)ncc2C(N)=O)c1)S(C)(=O)=O. The van der Waals surface area contributed by atoms with E-state index in [1.54, 1.807) is 24.3 Å². The number of ether oxygens (including phenoxy) is 1. The van der Waals surface area contributed by atoms with E-state index in [4.69, 9.17) is 10.5 Å². The highest BCUT2D eigenvalue weighted by molar-refractivity contribution is 7.92. The third-order valence-corrected chi connectivity index (χ3v) is 7.15. The molecule has 1 fully saturated rings. The fourth-order valence-corrected chi connectivity index (χ4v) is 4.34. The minimum absolute atomic E-state index is 0.257. The number of anilines is 5. The van der Waals surface area contributed by atoms with E-state index in [1.165, 1.54) is 17.5 Å². The molecule has 1 amide bonds. The number of hydrogen-bond donors (Lipinski definition) is 3. The molecule has 2 aromatic carbocycles. The lowest BCUT2D eigenvalue weighted by Gasteiger charge is -2.28. The zero-order chi connectivity index (χ0) is 25.7. The van der Waals surface area contributed by atoms with Crippen LogP contribution in [0.1, 0.15) is 15.9 Å². The molecule has 0 unspecified atom stereocenters. The average molecular weight is 511 g/mol. The molecule has 4 rings (SSSR count). The van der Waals surface area contributed by atoms with Crippen LogP contribution in [0, 0.1) is 0 Å². The first-order chi connectivity index (χ1) is 17.2. The van der Waals surface area contributed by atoms with E-state index in [-0.39, 0.29) is 5.56 Å². The first-order valence-corrected chi connectivity index (χ1v) is 13.3. The molecule has 0 aliphatic carbocycles. The maximum absolute atomic E-state index is 12.0. The number of aromatic nitrogens is 1. The van der Waals surface area contributed by atoms with E-state index in [2.05, 4.69) is 20.5 Å². The number of pyridine rings is 1. The largest absolute Gasteiger partial charge is 0.380 e. The Morgan fingerprint density at radius 3 is 2.53 bits per heavy atom. The summed E-state index contributed by atoms with van der Waals surface area (Å²) in [6.07, 6.45) is 2.59. The molecule has 11 heteroatoms. The van der Waals surface area contributed by atoms with Crippen LogP contribution in [0.15, 0.2) is 60.8 Å². The predicted octanol–water partition coefficient (Wildman–Crippen LogP) is 2.77. The molecule has 190 valence electrons. The molecular formula is C25H30N6O4S. The Morgan fingerprint density at radius 2 is 1.86 bits per heavy atom. The van der Waals surface area contributed by atoms with Gasteiger partial charge >= 0.3 is 0 Å². The molecule has 2 heterocycles. The Hall–Kier alpha value is -3.83. The van der Waals surface area contributed by atoms with Crippen LogP contribution < -0.4 is 25.6 Å². The van der Waals surface area contributed by atoms with Crippen molar-refractivity contribution in [2.24, 2.45) is 5.73 Å². The standard InChI is InChI=1S/C25H30N6O4S/c1-30(36(2,33)34)21-5-3-4-18(14-21)16-27-23-15-24(28-17-22(23)25(26)32)29-19-6-8-20(9-7-19)31-10-12-35-13-11-31/h3-9,14-15,17H,10-13,16H2,1-2H3,(H2,26,32)(H2,27,28,29). The van der Waals surface area contributed by atoms with Gasteiger partial charge in [0.1, 0.15) is 5.82 Å². The molecule has 1 aromatic heterocycles. The van der Waals surface area contributed by atoms with E-state index in [9.17, 15) is 13.2 Å². The van der Waals surface area contributed by atoms with Gasteiger partial charge in [0, 0.05) is 50.3 Å². The van der Waals surface area contributed by atoms with Crippen molar-refractivity contribution in [1.82, 2.24) is 4.98 Å². The number of amides is 1. The fourth-order valence-electron chi connectivity index (χ4n) is 3.84. The lowest BCUT2D eigenvalue weighted by atomic mass is 10.1. The van der Waals surface area contributed by atoms with Crippen LogP contribution in [0.5, 0.6) is 0 Å². The molecular weight excluding hydrogens is 480 g/mol. The third kappa shape index (κ3) is 6.23. The molecule has 1 aliphatic heterocycles. The van der Waals surface area contributed by atoms with E-state index in [0.29, 0.717) is 23.7 Å². The molecule has 0 radical (unpaired) electrons. The topological polar surface area (TPSA) is 130 Å². The minimum atomic E-state index is -3.38. The van der Waals surface area contributed by atoms with Crippen molar-refractivity contribution in [3.63, 3.8) is 0 Å². The second-order valence-corrected chi connectivity index (χ2v) is 10.5. The van der Waals surface area contributed by atoms with Gasteiger partial charge in [-0.05, 0) is 42.0 Å². The number of nitrogens with two attached hydrogens (primary N) is 1. The number of carbonyl (C=O) groups is 1. The zero-order valence-corrected chi connectivity index (χ0v) is 21.1. The maximum atomic E-state index is 12.0. The fraction of sp³-hybridized carbons (Fsp3) is 0.280. The van der Waals surface area contributed by atoms with Crippen molar-refractivity contribution in [2.45, 2.75) is 6.54 Å². The third-order valence-electron chi connectivity index (χ3n) is 5.94. The molecule has 0 saturated carbocycles. The van der Waals surface area contributed by atoms with Crippen molar-refractivity contribution < 1.29 is 17.9 Å². The number of nitrogens with one attached hydrogen (secondary N) is 2. The Morgan fingerprint density at radius 1 is 1.14 bits per heavy atom. The van der Waals surface area contributed by atoms with Crippen molar-refractivity contribution in [1.29, 1.82) is 0 Å². The van der Waals surface area contributed by atoms with Crippen molar-refractivity contribution in [3.05, 3.63) is 71.9 Å². The normalized spacial score (nSPS) is 13.8. The van der Waals surface area contributed by atoms with Gasteiger partial charge in [0.15, 0.2) is 0 Å². The van der Waals surface area contributed by atoms with Crippen LogP contribution in [-0.2, 0) is 21.3 Å². The molecule has 0 bridgehead atoms. The number of hydrogen-bond acceptors (Lipinski definition) is 8. The summed E-state index contributed by atoms with van der Waals surface area (Å²) in [5.41, 5.74) is 9.71. The zero-order valence-electron chi connectivity index (χ0n) is 20.3. The highest BCUT2D eigenvalue weighted by Crippen LogP contribution is 2.25. The average Bonchev–Trinajstić information content (AvgIpc) is 2.87. The highest BCUT2D eigenvalue weighted by Gasteiger charge is 2.14. The summed E-state index contributed by atoms with van der Waals surface area (Å²) in [5, 5.41) is 6.49. The van der Waals surface area contributed by atoms with Gasteiger partial charge in [-0.3, -0.25) is 9.10 Å². The van der Waals surface area contributed by atoms with Crippen LogP contribution in [0.3, 0.4) is 0 Å². The van der Waals surface area contributed by atoms with Crippen LogP contribution in [-0.4, -0.2) is 58.9 Å². The van der Waals surface area contributed by atoms with Gasteiger partial charge in [0.05, 0.1) is 36.4 Å². The van der Waals surface area contributed by atoms with Crippen LogP contribution in [0.2, 0.25) is 0 Å². The summed E-state index contributed by atoms with van der Waals surface area (Å²) >= 11 is 0. The van der Waals surface area contributed by atoms with Crippen LogP contribution in [0.25, 0.3) is 0 Å². The Labute approximate surface area is 211 Å². The van der Waals surface area contributed by atoms with Gasteiger partial charge < -0.3 is 26.0 Å². The summed E-state index contributed by atoms with van der Waals surface area (Å²) in [6.45, 7) is 3.54. The van der Waals surface area contributed by atoms with Crippen molar-refractivity contribution in [2.75, 3.05) is 59.4 Å². The Kier molecular flexibility index (Phi) is 7.61. The van der Waals surface area contributed by atoms with Gasteiger partial charge in [0.25, 0.3) is 5.91 Å². The van der Waals surface area contributed by atoms with Gasteiger partial charge in [-0.2, -0.15) is 0 Å². The van der Waals surface area contributed by atoms with E-state index in [0.717, 1.165) is 49.5 Å². The number of primary amides is 1. The summed E-state index contributed by atoms with van der Waals surface area (Å²) in [4.78, 5) is 18.6. The molecule has 1 aliphatic rings. The lowest BCUT2D eigenvalue weighted by molar-refractivity contribution is 0.100. The molecule has 36 heavy (non-hydrogen) atoms. The highest BCUT2D eigenvalue weighted by atomic mass is 32.2. The lowest BCUT2D eigenvalue weighted by Crippen LogP contribution is -2.36. The Balaban J connectivity index is 1.48. The van der Waals surface area contributed by atoms with E-state index in [1.807, 2.05) is 30.3 Å². The van der Waals surface area contributed by atoms with Crippen LogP contribution >= 0.6 is 0 Å². The van der Waals surface area contributed by atoms with Gasteiger partial charge in [-0.15, -0.1) is 0 Å². The van der Waals surface area contributed by atoms with Gasteiger partial charge in [0.2, 0.25) is 10.0 Å². The van der Waals surface area contributed by atoms with Crippen molar-refractivity contribution >= 4 is 44.5 Å². The molecule has 3 aromatic rings. The smallest absolute Gasteiger partial charge is 0.252 e. The summed E-state index contributed by atoms with van der Waals surface area (Å²) in [5.74, 6) is -0.0517. The van der Waals surface area contributed by atoms with E-state index < -0.39 is 15.9 Å². The summed E-state index contributed by atoms with van der Waals surface area (Å²) in [6, 6.07) is 16.9. The molecule has 1 saturated heterocycles. The van der Waals surface area contributed by atoms with E-state index >= 15 is 0 Å². The number of morpholine rings is 1. The predicted molar refractivity (Wildman–Crippen MR) is 143 cm³/mol. The second-order valence-electron chi connectivity index (χ2n) is 8.50. The summed E-state index contributed by atoms with van der Waals surface area (Å²) < 4.78 is 30.4. The van der Waals surface area contributed by atoms with Crippen molar-refractivity contribution in [3.8, 4) is 0 Å². The molecule has 0 spiro atoms. The summed E-state index contributed by atoms with van der Waals surface area (Å²) in [7, 11) is -1.87. The first kappa shape index (κ1) is 25.3. The van der Waals surface area contributed by atoms with Gasteiger partial charge in [-0.1, -0.05) is 12.1 Å². The number of benzene rings is 2. The number of carbonyl (C=O) groups excluding carboxylic acids is 1. The molecule has 4 N–H and O–H groups in total. The maximum Gasteiger partial charge on any atom is 0.252 e.